The van der Waals surface area contributed by atoms with Crippen LogP contribution in [0.2, 0.25) is 5.02 Å². The van der Waals surface area contributed by atoms with Gasteiger partial charge < -0.3 is 4.74 Å². The van der Waals surface area contributed by atoms with Crippen LogP contribution >= 0.6 is 27.5 Å². The van der Waals surface area contributed by atoms with Crippen molar-refractivity contribution in [1.29, 1.82) is 0 Å². The van der Waals surface area contributed by atoms with Gasteiger partial charge >= 0.3 is 0 Å². The Morgan fingerprint density at radius 3 is 2.00 bits per heavy atom. The fourth-order valence-electron chi connectivity index (χ4n) is 2.03. The van der Waals surface area contributed by atoms with Crippen LogP contribution in [0.5, 0.6) is 5.75 Å². The van der Waals surface area contributed by atoms with Crippen molar-refractivity contribution in [2.75, 3.05) is 11.9 Å². The van der Waals surface area contributed by atoms with E-state index in [1.165, 1.54) is 12.1 Å². The maximum Gasteiger partial charge on any atom is 0.206 e. The number of benzene rings is 2. The number of alkyl halides is 1. The highest BCUT2D eigenvalue weighted by molar-refractivity contribution is 9.09. The van der Waals surface area contributed by atoms with Crippen LogP contribution in [0.15, 0.2) is 58.3 Å². The van der Waals surface area contributed by atoms with Crippen molar-refractivity contribution in [3.8, 4) is 5.75 Å². The van der Waals surface area contributed by atoms with E-state index in [4.69, 9.17) is 16.3 Å². The van der Waals surface area contributed by atoms with E-state index in [0.717, 1.165) is 24.6 Å². The molecule has 0 bridgehead atoms. The molecular formula is C17H18BrClO3S. The highest BCUT2D eigenvalue weighted by Gasteiger charge is 2.17. The van der Waals surface area contributed by atoms with Crippen LogP contribution in [0.4, 0.5) is 0 Å². The van der Waals surface area contributed by atoms with E-state index in [-0.39, 0.29) is 9.79 Å². The van der Waals surface area contributed by atoms with Gasteiger partial charge in [-0.05, 0) is 67.8 Å². The average Bonchev–Trinajstić information content (AvgIpc) is 2.55. The molecule has 3 nitrogen and oxygen atoms in total. The fraction of sp³-hybridized carbons (Fsp3) is 0.294. The Labute approximate surface area is 150 Å². The Morgan fingerprint density at radius 1 is 0.870 bits per heavy atom. The number of sulfone groups is 1. The van der Waals surface area contributed by atoms with Crippen molar-refractivity contribution in [3.63, 3.8) is 0 Å². The summed E-state index contributed by atoms with van der Waals surface area (Å²) in [6, 6.07) is 12.7. The molecule has 0 aliphatic carbocycles. The summed E-state index contributed by atoms with van der Waals surface area (Å²) in [6.45, 7) is 0.635. The summed E-state index contributed by atoms with van der Waals surface area (Å²) in [7, 11) is -3.52. The smallest absolute Gasteiger partial charge is 0.206 e. The topological polar surface area (TPSA) is 43.4 Å². The minimum atomic E-state index is -3.52. The molecule has 0 N–H and O–H groups in total. The van der Waals surface area contributed by atoms with E-state index >= 15 is 0 Å². The SMILES string of the molecule is O=S(=O)(c1ccc(Cl)cc1)c1ccc(OCCCCCBr)cc1. The summed E-state index contributed by atoms with van der Waals surface area (Å²) in [6.07, 6.45) is 3.21. The average molecular weight is 418 g/mol. The maximum absolute atomic E-state index is 12.5. The molecule has 0 unspecified atom stereocenters. The van der Waals surface area contributed by atoms with Crippen molar-refractivity contribution in [2.24, 2.45) is 0 Å². The lowest BCUT2D eigenvalue weighted by Gasteiger charge is -2.08. The predicted molar refractivity (Wildman–Crippen MR) is 96.5 cm³/mol. The number of hydrogen-bond acceptors (Lipinski definition) is 3. The molecule has 0 fully saturated rings. The molecule has 0 aliphatic heterocycles. The van der Waals surface area contributed by atoms with Crippen LogP contribution in [0.3, 0.4) is 0 Å². The van der Waals surface area contributed by atoms with Crippen LogP contribution in [-0.2, 0) is 9.84 Å². The standard InChI is InChI=1S/C17H18BrClO3S/c18-12-2-1-3-13-22-15-6-10-17(11-7-15)23(20,21)16-8-4-14(19)5-9-16/h4-11H,1-3,12-13H2. The zero-order valence-electron chi connectivity index (χ0n) is 12.5. The van der Waals surface area contributed by atoms with Gasteiger partial charge in [-0.25, -0.2) is 8.42 Å². The van der Waals surface area contributed by atoms with Gasteiger partial charge in [-0.3, -0.25) is 0 Å². The molecular weight excluding hydrogens is 400 g/mol. The summed E-state index contributed by atoms with van der Waals surface area (Å²) < 4.78 is 30.6. The number of halogens is 2. The lowest BCUT2D eigenvalue weighted by atomic mass is 10.3. The molecule has 2 aromatic rings. The van der Waals surface area contributed by atoms with Crippen molar-refractivity contribution in [3.05, 3.63) is 53.6 Å². The van der Waals surface area contributed by atoms with Gasteiger partial charge in [-0.1, -0.05) is 27.5 Å². The van der Waals surface area contributed by atoms with Gasteiger partial charge in [0.1, 0.15) is 5.75 Å². The Kier molecular flexibility index (Phi) is 6.93. The molecule has 0 atom stereocenters. The molecule has 2 rings (SSSR count). The minimum Gasteiger partial charge on any atom is -0.494 e. The Morgan fingerprint density at radius 2 is 1.43 bits per heavy atom. The van der Waals surface area contributed by atoms with Crippen molar-refractivity contribution in [1.82, 2.24) is 0 Å². The van der Waals surface area contributed by atoms with Gasteiger partial charge in [-0.2, -0.15) is 0 Å². The second-order valence-corrected chi connectivity index (χ2v) is 8.21. The van der Waals surface area contributed by atoms with Crippen LogP contribution in [0, 0.1) is 0 Å². The third-order valence-electron chi connectivity index (χ3n) is 3.30. The van der Waals surface area contributed by atoms with Gasteiger partial charge in [0.2, 0.25) is 9.84 Å². The first kappa shape index (κ1) is 18.3. The fourth-order valence-corrected chi connectivity index (χ4v) is 3.81. The van der Waals surface area contributed by atoms with Gasteiger partial charge in [0.15, 0.2) is 0 Å². The van der Waals surface area contributed by atoms with E-state index in [0.29, 0.717) is 17.4 Å². The van der Waals surface area contributed by atoms with Crippen LogP contribution < -0.4 is 4.74 Å². The van der Waals surface area contributed by atoms with Crippen molar-refractivity contribution in [2.45, 2.75) is 29.1 Å². The van der Waals surface area contributed by atoms with Crippen LogP contribution in [0.1, 0.15) is 19.3 Å². The minimum absolute atomic E-state index is 0.227. The molecule has 2 aromatic carbocycles. The molecule has 0 saturated carbocycles. The van der Waals surface area contributed by atoms with E-state index in [1.54, 1.807) is 36.4 Å². The summed E-state index contributed by atoms with van der Waals surface area (Å²) in [5.41, 5.74) is 0. The molecule has 0 saturated heterocycles. The van der Waals surface area contributed by atoms with E-state index < -0.39 is 9.84 Å². The zero-order valence-corrected chi connectivity index (χ0v) is 15.7. The monoisotopic (exact) mass is 416 g/mol. The molecule has 6 heteroatoms. The maximum atomic E-state index is 12.5. The Balaban J connectivity index is 2.02. The van der Waals surface area contributed by atoms with Gasteiger partial charge in [0, 0.05) is 10.4 Å². The third kappa shape index (κ3) is 5.23. The summed E-state index contributed by atoms with van der Waals surface area (Å²) in [4.78, 5) is 0.469. The zero-order chi connectivity index (χ0) is 16.7. The molecule has 124 valence electrons. The largest absolute Gasteiger partial charge is 0.494 e. The quantitative estimate of drug-likeness (QED) is 0.442. The molecule has 0 aromatic heterocycles. The number of unbranched alkanes of at least 4 members (excludes halogenated alkanes) is 2. The first-order chi connectivity index (χ1) is 11.0. The first-order valence-electron chi connectivity index (χ1n) is 7.33. The first-order valence-corrected chi connectivity index (χ1v) is 10.3. The van der Waals surface area contributed by atoms with Crippen molar-refractivity contribution >= 4 is 37.4 Å². The van der Waals surface area contributed by atoms with E-state index in [9.17, 15) is 8.42 Å². The molecule has 0 amide bonds. The van der Waals surface area contributed by atoms with Gasteiger partial charge in [0.25, 0.3) is 0 Å². The second kappa shape index (κ2) is 8.71. The molecule has 0 heterocycles. The summed E-state index contributed by atoms with van der Waals surface area (Å²) >= 11 is 9.19. The lowest BCUT2D eigenvalue weighted by Crippen LogP contribution is -2.02. The third-order valence-corrected chi connectivity index (χ3v) is 5.90. The Hall–Kier alpha value is -1.04. The van der Waals surface area contributed by atoms with E-state index in [1.807, 2.05) is 0 Å². The number of rotatable bonds is 8. The highest BCUT2D eigenvalue weighted by atomic mass is 79.9. The van der Waals surface area contributed by atoms with E-state index in [2.05, 4.69) is 15.9 Å². The summed E-state index contributed by atoms with van der Waals surface area (Å²) in [5, 5.41) is 1.51. The predicted octanol–water partition coefficient (Wildman–Crippen LogP) is 5.12. The molecule has 0 radical (unpaired) electrons. The van der Waals surface area contributed by atoms with Crippen LogP contribution in [0.25, 0.3) is 0 Å². The Bertz CT molecular complexity index is 713. The molecule has 23 heavy (non-hydrogen) atoms. The second-order valence-electron chi connectivity index (χ2n) is 5.03. The van der Waals surface area contributed by atoms with Gasteiger partial charge in [0.05, 0.1) is 16.4 Å². The lowest BCUT2D eigenvalue weighted by molar-refractivity contribution is 0.306. The normalized spacial score (nSPS) is 11.4. The van der Waals surface area contributed by atoms with Crippen LogP contribution in [-0.4, -0.2) is 20.4 Å². The number of hydrogen-bond donors (Lipinski definition) is 0. The van der Waals surface area contributed by atoms with Crippen molar-refractivity contribution < 1.29 is 13.2 Å². The highest BCUT2D eigenvalue weighted by Crippen LogP contribution is 2.24. The molecule has 0 aliphatic rings. The number of ether oxygens (including phenoxy) is 1. The molecule has 0 spiro atoms. The van der Waals surface area contributed by atoms with Gasteiger partial charge in [-0.15, -0.1) is 0 Å². The summed E-state index contributed by atoms with van der Waals surface area (Å²) in [5.74, 6) is 0.680.